The highest BCUT2D eigenvalue weighted by Gasteiger charge is 2.32. The highest BCUT2D eigenvalue weighted by Crippen LogP contribution is 2.34. The standard InChI is InChI=1S/C15H28N2/c1-4-7-15(8-10-16-11-9-15)14-17(12-5-2)13-6-3/h5-6,16H,2-4,7-14H2,1H3. The molecule has 2 nitrogen and oxygen atoms in total. The Morgan fingerprint density at radius 1 is 1.18 bits per heavy atom. The molecule has 17 heavy (non-hydrogen) atoms. The maximum Gasteiger partial charge on any atom is 0.0164 e. The van der Waals surface area contributed by atoms with Crippen molar-refractivity contribution in [3.63, 3.8) is 0 Å². The molecule has 1 fully saturated rings. The molecule has 1 aliphatic rings. The first kappa shape index (κ1) is 14.5. The van der Waals surface area contributed by atoms with Gasteiger partial charge in [0.1, 0.15) is 0 Å². The summed E-state index contributed by atoms with van der Waals surface area (Å²) in [6.07, 6.45) is 9.27. The van der Waals surface area contributed by atoms with Crippen molar-refractivity contribution in [3.05, 3.63) is 25.3 Å². The van der Waals surface area contributed by atoms with Crippen LogP contribution in [-0.2, 0) is 0 Å². The smallest absolute Gasteiger partial charge is 0.0164 e. The van der Waals surface area contributed by atoms with Gasteiger partial charge < -0.3 is 5.32 Å². The zero-order valence-electron chi connectivity index (χ0n) is 11.4. The third-order valence-electron chi connectivity index (χ3n) is 3.78. The lowest BCUT2D eigenvalue weighted by atomic mass is 9.75. The topological polar surface area (TPSA) is 15.3 Å². The van der Waals surface area contributed by atoms with E-state index in [1.54, 1.807) is 0 Å². The number of nitrogens with zero attached hydrogens (tertiary/aromatic N) is 1. The van der Waals surface area contributed by atoms with Crippen molar-refractivity contribution in [3.8, 4) is 0 Å². The molecule has 1 aliphatic heterocycles. The summed E-state index contributed by atoms with van der Waals surface area (Å²) in [6, 6.07) is 0. The molecule has 0 bridgehead atoms. The van der Waals surface area contributed by atoms with E-state index in [-0.39, 0.29) is 0 Å². The molecule has 1 heterocycles. The number of piperidine rings is 1. The van der Waals surface area contributed by atoms with Gasteiger partial charge in [0.15, 0.2) is 0 Å². The van der Waals surface area contributed by atoms with Crippen molar-refractivity contribution in [1.29, 1.82) is 0 Å². The first-order valence-electron chi connectivity index (χ1n) is 6.91. The van der Waals surface area contributed by atoms with E-state index in [0.717, 1.165) is 13.1 Å². The summed E-state index contributed by atoms with van der Waals surface area (Å²) in [4.78, 5) is 2.47. The minimum absolute atomic E-state index is 0.520. The maximum atomic E-state index is 3.86. The van der Waals surface area contributed by atoms with Gasteiger partial charge in [-0.2, -0.15) is 0 Å². The van der Waals surface area contributed by atoms with Gasteiger partial charge in [-0.3, -0.25) is 4.90 Å². The average Bonchev–Trinajstić information content (AvgIpc) is 2.31. The van der Waals surface area contributed by atoms with Gasteiger partial charge in [-0.15, -0.1) is 13.2 Å². The monoisotopic (exact) mass is 236 g/mol. The molecule has 1 rings (SSSR count). The van der Waals surface area contributed by atoms with Crippen molar-refractivity contribution in [1.82, 2.24) is 10.2 Å². The largest absolute Gasteiger partial charge is 0.317 e. The van der Waals surface area contributed by atoms with Crippen LogP contribution in [0.5, 0.6) is 0 Å². The molecule has 1 saturated heterocycles. The lowest BCUT2D eigenvalue weighted by Crippen LogP contribution is -2.45. The number of hydrogen-bond acceptors (Lipinski definition) is 2. The van der Waals surface area contributed by atoms with Crippen molar-refractivity contribution in [2.24, 2.45) is 5.41 Å². The summed E-state index contributed by atoms with van der Waals surface area (Å²) in [6.45, 7) is 15.5. The van der Waals surface area contributed by atoms with Gasteiger partial charge in [-0.05, 0) is 37.8 Å². The third kappa shape index (κ3) is 4.64. The molecule has 0 aromatic rings. The van der Waals surface area contributed by atoms with Crippen molar-refractivity contribution in [2.75, 3.05) is 32.7 Å². The molecule has 0 aromatic carbocycles. The molecular formula is C15H28N2. The number of hydrogen-bond donors (Lipinski definition) is 1. The molecule has 2 heteroatoms. The number of nitrogens with one attached hydrogen (secondary N) is 1. The summed E-state index contributed by atoms with van der Waals surface area (Å²) in [5.41, 5.74) is 0.520. The molecule has 0 aliphatic carbocycles. The second-order valence-electron chi connectivity index (χ2n) is 5.27. The van der Waals surface area contributed by atoms with Crippen LogP contribution >= 0.6 is 0 Å². The average molecular weight is 236 g/mol. The van der Waals surface area contributed by atoms with Crippen LogP contribution in [-0.4, -0.2) is 37.6 Å². The SMILES string of the molecule is C=CCN(CC=C)CC1(CCC)CCNCC1. The van der Waals surface area contributed by atoms with Crippen LogP contribution in [0.2, 0.25) is 0 Å². The molecule has 0 atom stereocenters. The van der Waals surface area contributed by atoms with Gasteiger partial charge in [0.2, 0.25) is 0 Å². The zero-order valence-corrected chi connectivity index (χ0v) is 11.4. The Morgan fingerprint density at radius 2 is 1.76 bits per heavy atom. The van der Waals surface area contributed by atoms with Gasteiger partial charge in [-0.25, -0.2) is 0 Å². The predicted octanol–water partition coefficient (Wildman–Crippen LogP) is 2.83. The van der Waals surface area contributed by atoms with E-state index in [1.165, 1.54) is 45.3 Å². The van der Waals surface area contributed by atoms with E-state index in [0.29, 0.717) is 5.41 Å². The van der Waals surface area contributed by atoms with Gasteiger partial charge in [0.05, 0.1) is 0 Å². The molecule has 0 saturated carbocycles. The summed E-state index contributed by atoms with van der Waals surface area (Å²) >= 11 is 0. The Morgan fingerprint density at radius 3 is 2.24 bits per heavy atom. The molecule has 98 valence electrons. The van der Waals surface area contributed by atoms with Crippen molar-refractivity contribution < 1.29 is 0 Å². The van der Waals surface area contributed by atoms with Gasteiger partial charge in [0.25, 0.3) is 0 Å². The zero-order chi connectivity index (χ0) is 12.6. The molecule has 0 aromatic heterocycles. The van der Waals surface area contributed by atoms with E-state index < -0.39 is 0 Å². The third-order valence-corrected chi connectivity index (χ3v) is 3.78. The van der Waals surface area contributed by atoms with E-state index in [2.05, 4.69) is 30.3 Å². The lowest BCUT2D eigenvalue weighted by molar-refractivity contribution is 0.115. The summed E-state index contributed by atoms with van der Waals surface area (Å²) in [7, 11) is 0. The second kappa shape index (κ2) is 7.67. The van der Waals surface area contributed by atoms with E-state index in [4.69, 9.17) is 0 Å². The van der Waals surface area contributed by atoms with Crippen molar-refractivity contribution in [2.45, 2.75) is 32.6 Å². The molecular weight excluding hydrogens is 208 g/mol. The Kier molecular flexibility index (Phi) is 6.53. The fourth-order valence-electron chi connectivity index (χ4n) is 3.02. The maximum absolute atomic E-state index is 3.86. The molecule has 1 N–H and O–H groups in total. The quantitative estimate of drug-likeness (QED) is 0.652. The molecule has 0 radical (unpaired) electrons. The first-order valence-corrected chi connectivity index (χ1v) is 6.91. The van der Waals surface area contributed by atoms with Gasteiger partial charge in [-0.1, -0.05) is 25.5 Å². The Labute approximate surface area is 107 Å². The van der Waals surface area contributed by atoms with Crippen LogP contribution in [0.4, 0.5) is 0 Å². The Hall–Kier alpha value is -0.600. The molecule has 0 unspecified atom stereocenters. The Bertz CT molecular complexity index is 214. The lowest BCUT2D eigenvalue weighted by Gasteiger charge is -2.41. The minimum Gasteiger partial charge on any atom is -0.317 e. The predicted molar refractivity (Wildman–Crippen MR) is 76.3 cm³/mol. The highest BCUT2D eigenvalue weighted by molar-refractivity contribution is 4.90. The van der Waals surface area contributed by atoms with Crippen LogP contribution < -0.4 is 5.32 Å². The summed E-state index contributed by atoms with van der Waals surface area (Å²) in [5, 5.41) is 3.48. The fourth-order valence-corrected chi connectivity index (χ4v) is 3.02. The van der Waals surface area contributed by atoms with E-state index >= 15 is 0 Å². The van der Waals surface area contributed by atoms with Crippen LogP contribution in [0.15, 0.2) is 25.3 Å². The van der Waals surface area contributed by atoms with Gasteiger partial charge >= 0.3 is 0 Å². The summed E-state index contributed by atoms with van der Waals surface area (Å²) in [5.74, 6) is 0. The summed E-state index contributed by atoms with van der Waals surface area (Å²) < 4.78 is 0. The van der Waals surface area contributed by atoms with E-state index in [1.807, 2.05) is 12.2 Å². The fraction of sp³-hybridized carbons (Fsp3) is 0.733. The van der Waals surface area contributed by atoms with Crippen LogP contribution in [0, 0.1) is 5.41 Å². The van der Waals surface area contributed by atoms with Crippen LogP contribution in [0.25, 0.3) is 0 Å². The Balaban J connectivity index is 2.61. The minimum atomic E-state index is 0.520. The van der Waals surface area contributed by atoms with Crippen molar-refractivity contribution >= 4 is 0 Å². The molecule has 0 spiro atoms. The highest BCUT2D eigenvalue weighted by atomic mass is 15.1. The second-order valence-corrected chi connectivity index (χ2v) is 5.27. The molecule has 0 amide bonds. The van der Waals surface area contributed by atoms with Gasteiger partial charge in [0, 0.05) is 19.6 Å². The van der Waals surface area contributed by atoms with Crippen LogP contribution in [0.1, 0.15) is 32.6 Å². The van der Waals surface area contributed by atoms with E-state index in [9.17, 15) is 0 Å². The first-order chi connectivity index (χ1) is 8.26. The number of rotatable bonds is 8. The normalized spacial score (nSPS) is 19.2. The van der Waals surface area contributed by atoms with Crippen LogP contribution in [0.3, 0.4) is 0 Å².